The zero-order valence-electron chi connectivity index (χ0n) is 23.3. The van der Waals surface area contributed by atoms with Gasteiger partial charge in [-0.25, -0.2) is 0 Å². The average molecular weight is 599 g/mol. The van der Waals surface area contributed by atoms with E-state index in [2.05, 4.69) is 20.0 Å². The van der Waals surface area contributed by atoms with Crippen LogP contribution in [0, 0.1) is 0 Å². The van der Waals surface area contributed by atoms with E-state index in [-0.39, 0.29) is 71.4 Å². The molecule has 4 rings (SSSR count). The van der Waals surface area contributed by atoms with E-state index in [1.807, 2.05) is 0 Å². The third-order valence-corrected chi connectivity index (χ3v) is 6.39. The van der Waals surface area contributed by atoms with Crippen molar-refractivity contribution in [2.75, 3.05) is 26.2 Å². The summed E-state index contributed by atoms with van der Waals surface area (Å²) in [5.41, 5.74) is 1.49. The van der Waals surface area contributed by atoms with E-state index in [0.717, 1.165) is 0 Å². The Bertz CT molecular complexity index is 1770. The molecule has 0 aliphatic rings. The van der Waals surface area contributed by atoms with Crippen LogP contribution in [-0.4, -0.2) is 91.9 Å². The second kappa shape index (κ2) is 14.2. The van der Waals surface area contributed by atoms with Crippen LogP contribution >= 0.6 is 0 Å². The molecule has 12 heteroatoms. The molecule has 0 atom stereocenters. The highest BCUT2D eigenvalue weighted by molar-refractivity contribution is 5.97. The quantitative estimate of drug-likeness (QED) is 0.0714. The number of para-hydroxylation sites is 2. The maximum absolute atomic E-state index is 10.8. The van der Waals surface area contributed by atoms with Crippen molar-refractivity contribution < 1.29 is 40.9 Å². The molecule has 0 aromatic heterocycles. The van der Waals surface area contributed by atoms with Crippen LogP contribution in [0.2, 0.25) is 0 Å². The van der Waals surface area contributed by atoms with E-state index in [9.17, 15) is 40.9 Å². The number of nitrogens with zero attached hydrogens (tertiary/aromatic N) is 4. The Hall–Kier alpha value is -6.04. The van der Waals surface area contributed by atoms with E-state index < -0.39 is 23.0 Å². The normalized spacial score (nSPS) is 11.9. The monoisotopic (exact) mass is 598 g/mol. The maximum atomic E-state index is 10.8. The van der Waals surface area contributed by atoms with E-state index in [1.165, 1.54) is 61.3 Å². The Labute approximate surface area is 251 Å². The van der Waals surface area contributed by atoms with Crippen LogP contribution in [0.5, 0.6) is 46.0 Å². The van der Waals surface area contributed by atoms with Crippen LogP contribution in [0.1, 0.15) is 22.3 Å². The first kappa shape index (κ1) is 30.9. The summed E-state index contributed by atoms with van der Waals surface area (Å²) in [7, 11) is 0. The Morgan fingerprint density at radius 1 is 0.386 bits per heavy atom. The molecule has 8 N–H and O–H groups in total. The topological polar surface area (TPSA) is 211 Å². The van der Waals surface area contributed by atoms with Crippen LogP contribution in [0.15, 0.2) is 80.6 Å². The van der Waals surface area contributed by atoms with Crippen molar-refractivity contribution >= 4 is 24.9 Å². The largest absolute Gasteiger partial charge is 0.504 e. The highest BCUT2D eigenvalue weighted by atomic mass is 16.3. The van der Waals surface area contributed by atoms with E-state index >= 15 is 0 Å². The summed E-state index contributed by atoms with van der Waals surface area (Å²) < 4.78 is 0. The van der Waals surface area contributed by atoms with Gasteiger partial charge in [-0.3, -0.25) is 20.0 Å². The van der Waals surface area contributed by atoms with Crippen molar-refractivity contribution in [1.82, 2.24) is 0 Å². The Morgan fingerprint density at radius 2 is 0.818 bits per heavy atom. The van der Waals surface area contributed by atoms with Gasteiger partial charge in [0.1, 0.15) is 0 Å². The lowest BCUT2D eigenvalue weighted by Crippen LogP contribution is -1.95. The molecule has 4 aromatic carbocycles. The van der Waals surface area contributed by atoms with E-state index in [4.69, 9.17) is 0 Å². The molecule has 0 heterocycles. The fraction of sp³-hybridized carbons (Fsp3) is 0.125. The van der Waals surface area contributed by atoms with Gasteiger partial charge in [0.15, 0.2) is 46.0 Å². The first-order valence-electron chi connectivity index (χ1n) is 13.3. The van der Waals surface area contributed by atoms with Gasteiger partial charge in [-0.15, -0.1) is 0 Å². The number of phenolic OH excluding ortho intramolecular Hbond substituents is 8. The van der Waals surface area contributed by atoms with E-state index in [1.54, 1.807) is 24.3 Å². The SMILES string of the molecule is Oc1cccc(C=NCCN=Cc2ccc(-c3ccc(O)c(O)c3C=NCCN=Cc3cccc(O)c3O)c(O)c2O)c1O. The average Bonchev–Trinajstić information content (AvgIpc) is 3.01. The fourth-order valence-corrected chi connectivity index (χ4v) is 4.06. The second-order valence-electron chi connectivity index (χ2n) is 9.37. The number of aliphatic imine (C=N–C) groups is 4. The van der Waals surface area contributed by atoms with Crippen LogP contribution < -0.4 is 0 Å². The Kier molecular flexibility index (Phi) is 9.99. The van der Waals surface area contributed by atoms with Gasteiger partial charge in [0, 0.05) is 52.7 Å². The van der Waals surface area contributed by atoms with Gasteiger partial charge in [-0.05, 0) is 54.1 Å². The highest BCUT2D eigenvalue weighted by Crippen LogP contribution is 2.43. The Balaban J connectivity index is 1.44. The molecule has 0 fully saturated rings. The summed E-state index contributed by atoms with van der Waals surface area (Å²) in [6, 6.07) is 14.8. The molecule has 0 spiro atoms. The van der Waals surface area contributed by atoms with Crippen molar-refractivity contribution in [2.45, 2.75) is 0 Å². The molecular weight excluding hydrogens is 568 g/mol. The summed E-state index contributed by atoms with van der Waals surface area (Å²) in [6.07, 6.45) is 5.48. The van der Waals surface area contributed by atoms with Crippen molar-refractivity contribution in [3.05, 3.63) is 82.9 Å². The van der Waals surface area contributed by atoms with Crippen LogP contribution in [-0.2, 0) is 0 Å². The van der Waals surface area contributed by atoms with Gasteiger partial charge in [-0.2, -0.15) is 0 Å². The van der Waals surface area contributed by atoms with Crippen molar-refractivity contribution in [3.63, 3.8) is 0 Å². The van der Waals surface area contributed by atoms with Gasteiger partial charge in [0.05, 0.1) is 26.2 Å². The van der Waals surface area contributed by atoms with Crippen LogP contribution in [0.25, 0.3) is 11.1 Å². The molecule has 0 saturated heterocycles. The first-order valence-corrected chi connectivity index (χ1v) is 13.3. The second-order valence-corrected chi connectivity index (χ2v) is 9.37. The van der Waals surface area contributed by atoms with Crippen molar-refractivity contribution in [3.8, 4) is 57.1 Å². The van der Waals surface area contributed by atoms with Crippen molar-refractivity contribution in [1.29, 1.82) is 0 Å². The number of rotatable bonds is 11. The molecule has 226 valence electrons. The number of hydrogen-bond donors (Lipinski definition) is 8. The van der Waals surface area contributed by atoms with Crippen LogP contribution in [0.4, 0.5) is 0 Å². The van der Waals surface area contributed by atoms with Gasteiger partial charge >= 0.3 is 0 Å². The van der Waals surface area contributed by atoms with Crippen LogP contribution in [0.3, 0.4) is 0 Å². The summed E-state index contributed by atoms with van der Waals surface area (Å²) >= 11 is 0. The summed E-state index contributed by atoms with van der Waals surface area (Å²) in [5, 5.41) is 80.8. The third kappa shape index (κ3) is 7.23. The summed E-state index contributed by atoms with van der Waals surface area (Å²) in [5.74, 6) is -2.85. The summed E-state index contributed by atoms with van der Waals surface area (Å²) in [6.45, 7) is 0.888. The fourth-order valence-electron chi connectivity index (χ4n) is 4.06. The maximum Gasteiger partial charge on any atom is 0.167 e. The molecule has 0 saturated carbocycles. The molecule has 12 nitrogen and oxygen atoms in total. The lowest BCUT2D eigenvalue weighted by Gasteiger charge is -2.13. The molecule has 44 heavy (non-hydrogen) atoms. The van der Waals surface area contributed by atoms with Crippen molar-refractivity contribution in [2.24, 2.45) is 20.0 Å². The zero-order valence-corrected chi connectivity index (χ0v) is 23.3. The zero-order chi connectivity index (χ0) is 31.6. The molecular formula is C32H30N4O8. The molecule has 4 aromatic rings. The summed E-state index contributed by atoms with van der Waals surface area (Å²) in [4.78, 5) is 16.7. The molecule has 0 aliphatic carbocycles. The number of benzene rings is 4. The minimum Gasteiger partial charge on any atom is -0.504 e. The molecule has 0 aliphatic heterocycles. The van der Waals surface area contributed by atoms with Gasteiger partial charge in [-0.1, -0.05) is 12.1 Å². The predicted molar refractivity (Wildman–Crippen MR) is 168 cm³/mol. The predicted octanol–water partition coefficient (Wildman–Crippen LogP) is 4.07. The highest BCUT2D eigenvalue weighted by Gasteiger charge is 2.18. The lowest BCUT2D eigenvalue weighted by molar-refractivity contribution is 0.402. The van der Waals surface area contributed by atoms with Gasteiger partial charge in [0.2, 0.25) is 0 Å². The molecule has 0 radical (unpaired) electrons. The molecule has 0 bridgehead atoms. The number of aromatic hydroxyl groups is 8. The van der Waals surface area contributed by atoms with Gasteiger partial charge in [0.25, 0.3) is 0 Å². The molecule has 0 unspecified atom stereocenters. The minimum atomic E-state index is -0.471. The standard InChI is InChI=1S/C32H30N4O8/c37-25-5-1-3-19(28(25)40)15-33-11-12-35-17-21-7-8-23(32(44)30(21)42)22-9-10-27(39)31(43)24(22)18-36-14-13-34-16-20-4-2-6-26(38)29(20)41/h1-10,15-18,37-44H,11-14H2. The number of hydrogen-bond acceptors (Lipinski definition) is 12. The third-order valence-electron chi connectivity index (χ3n) is 6.39. The van der Waals surface area contributed by atoms with Gasteiger partial charge < -0.3 is 40.9 Å². The lowest BCUT2D eigenvalue weighted by atomic mass is 9.96. The number of phenols is 8. The smallest absolute Gasteiger partial charge is 0.167 e. The first-order chi connectivity index (χ1) is 21.2. The van der Waals surface area contributed by atoms with E-state index in [0.29, 0.717) is 11.1 Å². The molecule has 0 amide bonds. The minimum absolute atomic E-state index is 0.103. The Morgan fingerprint density at radius 3 is 1.34 bits per heavy atom.